The van der Waals surface area contributed by atoms with Gasteiger partial charge in [-0.05, 0) is 80.2 Å². The molecule has 2 aliphatic rings. The van der Waals surface area contributed by atoms with E-state index in [2.05, 4.69) is 21.9 Å². The van der Waals surface area contributed by atoms with Crippen molar-refractivity contribution >= 4 is 21.6 Å². The minimum atomic E-state index is -3.97. The molecule has 9 nitrogen and oxygen atoms in total. The number of hydrogen-bond acceptors (Lipinski definition) is 7. The molecular formula is C42H51N3O6S. The van der Waals surface area contributed by atoms with Crippen molar-refractivity contribution in [2.45, 2.75) is 88.4 Å². The van der Waals surface area contributed by atoms with Gasteiger partial charge in [0.05, 0.1) is 23.7 Å². The summed E-state index contributed by atoms with van der Waals surface area (Å²) in [6.45, 7) is 7.01. The summed E-state index contributed by atoms with van der Waals surface area (Å²) in [5, 5.41) is 12.5. The Morgan fingerprint density at radius 2 is 1.44 bits per heavy atom. The summed E-state index contributed by atoms with van der Waals surface area (Å²) in [6.07, 6.45) is 5.48. The van der Waals surface area contributed by atoms with Gasteiger partial charge in [-0.1, -0.05) is 111 Å². The van der Waals surface area contributed by atoms with Crippen LogP contribution in [0.4, 0.5) is 5.69 Å². The summed E-state index contributed by atoms with van der Waals surface area (Å²) in [6, 6.07) is 30.1. The third-order valence-electron chi connectivity index (χ3n) is 10.2. The second-order valence-corrected chi connectivity index (χ2v) is 15.9. The van der Waals surface area contributed by atoms with Crippen molar-refractivity contribution in [3.05, 3.63) is 131 Å². The van der Waals surface area contributed by atoms with Crippen LogP contribution in [0.2, 0.25) is 0 Å². The molecule has 276 valence electrons. The smallest absolute Gasteiger partial charge is 0.242 e. The summed E-state index contributed by atoms with van der Waals surface area (Å²) in [7, 11) is -3.97. The molecule has 2 aliphatic heterocycles. The van der Waals surface area contributed by atoms with E-state index in [1.54, 1.807) is 36.4 Å². The number of carbonyl (C=O) groups excluding carboxylic acids is 1. The number of benzene rings is 4. The van der Waals surface area contributed by atoms with E-state index in [1.807, 2.05) is 73.7 Å². The van der Waals surface area contributed by atoms with Gasteiger partial charge in [0, 0.05) is 23.7 Å². The Bertz CT molecular complexity index is 1830. The van der Waals surface area contributed by atoms with Crippen molar-refractivity contribution in [1.82, 2.24) is 9.62 Å². The maximum Gasteiger partial charge on any atom is 0.242 e. The van der Waals surface area contributed by atoms with E-state index in [9.17, 15) is 18.3 Å². The monoisotopic (exact) mass is 725 g/mol. The first-order valence-corrected chi connectivity index (χ1v) is 19.9. The maximum atomic E-state index is 13.7. The Kier molecular flexibility index (Phi) is 12.9. The summed E-state index contributed by atoms with van der Waals surface area (Å²) >= 11 is 0. The second-order valence-electron chi connectivity index (χ2n) is 14.2. The molecule has 52 heavy (non-hydrogen) atoms. The lowest BCUT2D eigenvalue weighted by molar-refractivity contribution is -0.276. The predicted octanol–water partition coefficient (Wildman–Crippen LogP) is 7.07. The standard InChI is InChI=1S/C42H51N3O6S/c1-30-13-23-37(24-14-30)52(48,49)44-38(27-32-11-7-6-8-12-32)41(47)43-36-21-19-35(20-22-36)42-50-39(28-45-25-9-4-3-5-10-26-45)31(2)40(51-42)34-17-15-33(29-46)16-18-34/h6-8,11-24,31,38-40,42,44,46H,3-5,9-10,25-29H2,1-2H3,(H,43,47)/t31-,38-,39+,40+,42+/m1/s1. The predicted molar refractivity (Wildman–Crippen MR) is 203 cm³/mol. The van der Waals surface area contributed by atoms with Gasteiger partial charge < -0.3 is 24.8 Å². The van der Waals surface area contributed by atoms with Crippen LogP contribution in [0, 0.1) is 12.8 Å². The Morgan fingerprint density at radius 1 is 0.808 bits per heavy atom. The highest BCUT2D eigenvalue weighted by atomic mass is 32.2. The van der Waals surface area contributed by atoms with Gasteiger partial charge in [0.2, 0.25) is 15.9 Å². The van der Waals surface area contributed by atoms with E-state index >= 15 is 0 Å². The molecule has 0 saturated carbocycles. The van der Waals surface area contributed by atoms with Gasteiger partial charge in [0.1, 0.15) is 6.04 Å². The van der Waals surface area contributed by atoms with Gasteiger partial charge in [-0.25, -0.2) is 8.42 Å². The molecule has 1 amide bonds. The molecular weight excluding hydrogens is 675 g/mol. The Morgan fingerprint density at radius 3 is 2.10 bits per heavy atom. The van der Waals surface area contributed by atoms with Gasteiger partial charge in [-0.15, -0.1) is 0 Å². The maximum absolute atomic E-state index is 13.7. The number of nitrogens with zero attached hydrogens (tertiary/aromatic N) is 1. The fourth-order valence-electron chi connectivity index (χ4n) is 7.04. The molecule has 3 N–H and O–H groups in total. The van der Waals surface area contributed by atoms with E-state index in [4.69, 9.17) is 9.47 Å². The molecule has 4 aromatic rings. The minimum Gasteiger partial charge on any atom is -0.392 e. The lowest BCUT2D eigenvalue weighted by atomic mass is 9.89. The molecule has 0 aromatic heterocycles. The average Bonchev–Trinajstić information content (AvgIpc) is 3.14. The Hall–Kier alpha value is -3.90. The second kappa shape index (κ2) is 17.7. The molecule has 0 aliphatic carbocycles. The van der Waals surface area contributed by atoms with Crippen molar-refractivity contribution < 1.29 is 27.8 Å². The lowest BCUT2D eigenvalue weighted by Gasteiger charge is -2.43. The van der Waals surface area contributed by atoms with E-state index in [0.29, 0.717) is 5.69 Å². The third kappa shape index (κ3) is 9.95. The number of nitrogens with one attached hydrogen (secondary N) is 2. The van der Waals surface area contributed by atoms with Gasteiger partial charge >= 0.3 is 0 Å². The highest BCUT2D eigenvalue weighted by Gasteiger charge is 2.39. The Labute approximate surface area is 308 Å². The van der Waals surface area contributed by atoms with Crippen LogP contribution in [0.15, 0.2) is 108 Å². The number of aliphatic hydroxyl groups is 1. The van der Waals surface area contributed by atoms with Crippen LogP contribution in [0.1, 0.15) is 79.2 Å². The van der Waals surface area contributed by atoms with Crippen LogP contribution in [0.5, 0.6) is 0 Å². The number of rotatable bonds is 12. The summed E-state index contributed by atoms with van der Waals surface area (Å²) < 4.78 is 42.7. The molecule has 0 radical (unpaired) electrons. The molecule has 0 unspecified atom stereocenters. The highest BCUT2D eigenvalue weighted by molar-refractivity contribution is 7.89. The zero-order chi connectivity index (χ0) is 36.5. The van der Waals surface area contributed by atoms with E-state index < -0.39 is 28.3 Å². The van der Waals surface area contributed by atoms with Gasteiger partial charge in [0.15, 0.2) is 6.29 Å². The molecule has 2 fully saturated rings. The first-order valence-electron chi connectivity index (χ1n) is 18.5. The fraction of sp³-hybridized carbons (Fsp3) is 0.405. The summed E-state index contributed by atoms with van der Waals surface area (Å²) in [5.41, 5.74) is 5.01. The fourth-order valence-corrected chi connectivity index (χ4v) is 8.24. The molecule has 5 atom stereocenters. The number of anilines is 1. The van der Waals surface area contributed by atoms with Crippen LogP contribution in [-0.4, -0.2) is 56.1 Å². The summed E-state index contributed by atoms with van der Waals surface area (Å²) in [5.74, 6) is -0.378. The normalized spacial score (nSPS) is 22.2. The largest absolute Gasteiger partial charge is 0.392 e. The quantitative estimate of drug-likeness (QED) is 0.143. The number of carbonyl (C=O) groups is 1. The van der Waals surface area contributed by atoms with Crippen LogP contribution in [-0.2, 0) is 37.3 Å². The van der Waals surface area contributed by atoms with Crippen LogP contribution < -0.4 is 10.0 Å². The van der Waals surface area contributed by atoms with Crippen LogP contribution in [0.25, 0.3) is 0 Å². The number of hydrogen-bond donors (Lipinski definition) is 3. The first-order chi connectivity index (χ1) is 25.2. The van der Waals surface area contributed by atoms with E-state index in [0.717, 1.165) is 47.5 Å². The highest BCUT2D eigenvalue weighted by Crippen LogP contribution is 2.42. The number of ether oxygens (including phenoxy) is 2. The van der Waals surface area contributed by atoms with Gasteiger partial charge in [-0.3, -0.25) is 4.79 Å². The molecule has 2 heterocycles. The number of amides is 1. The topological polar surface area (TPSA) is 117 Å². The molecule has 2 saturated heterocycles. The van der Waals surface area contributed by atoms with Crippen LogP contribution in [0.3, 0.4) is 0 Å². The van der Waals surface area contributed by atoms with Crippen molar-refractivity contribution in [2.24, 2.45) is 5.92 Å². The Balaban J connectivity index is 1.19. The van der Waals surface area contributed by atoms with Gasteiger partial charge in [-0.2, -0.15) is 4.72 Å². The molecule has 6 rings (SSSR count). The number of aryl methyl sites for hydroxylation is 1. The van der Waals surface area contributed by atoms with Crippen molar-refractivity contribution in [1.29, 1.82) is 0 Å². The van der Waals surface area contributed by atoms with Crippen molar-refractivity contribution in [3.8, 4) is 0 Å². The average molecular weight is 726 g/mol. The van der Waals surface area contributed by atoms with E-state index in [1.165, 1.54) is 32.1 Å². The molecule has 4 aromatic carbocycles. The first kappa shape index (κ1) is 37.8. The summed E-state index contributed by atoms with van der Waals surface area (Å²) in [4.78, 5) is 16.4. The minimum absolute atomic E-state index is 0.0147. The number of sulfonamides is 1. The lowest BCUT2D eigenvalue weighted by Crippen LogP contribution is -2.45. The number of likely N-dealkylation sites (tertiary alicyclic amines) is 1. The number of aliphatic hydroxyl groups excluding tert-OH is 1. The zero-order valence-electron chi connectivity index (χ0n) is 30.1. The van der Waals surface area contributed by atoms with Gasteiger partial charge in [0.25, 0.3) is 0 Å². The van der Waals surface area contributed by atoms with Crippen molar-refractivity contribution in [2.75, 3.05) is 25.0 Å². The molecule has 10 heteroatoms. The third-order valence-corrected chi connectivity index (χ3v) is 11.7. The molecule has 0 bridgehead atoms. The van der Waals surface area contributed by atoms with Crippen LogP contribution >= 0.6 is 0 Å². The van der Waals surface area contributed by atoms with E-state index in [-0.39, 0.29) is 36.0 Å². The zero-order valence-corrected chi connectivity index (χ0v) is 30.9. The SMILES string of the molecule is Cc1ccc(S(=O)(=O)N[C@H](Cc2ccccc2)C(=O)Nc2ccc([C@H]3O[C@@H](CN4CCCCCCC4)[C@@H](C)[C@@H](c4ccc(CO)cc4)O3)cc2)cc1. The van der Waals surface area contributed by atoms with Crippen molar-refractivity contribution in [3.63, 3.8) is 0 Å². The molecule has 0 spiro atoms.